The van der Waals surface area contributed by atoms with Gasteiger partial charge in [0.2, 0.25) is 0 Å². The van der Waals surface area contributed by atoms with Gasteiger partial charge in [0.15, 0.2) is 17.6 Å². The zero-order valence-corrected chi connectivity index (χ0v) is 12.8. The van der Waals surface area contributed by atoms with Crippen LogP contribution in [0.15, 0.2) is 18.2 Å². The minimum atomic E-state index is -0.668. The number of nitrogens with one attached hydrogen (secondary N) is 1. The number of benzene rings is 1. The Hall–Kier alpha value is -1.79. The highest BCUT2D eigenvalue weighted by Crippen LogP contribution is 2.32. The van der Waals surface area contributed by atoms with E-state index in [4.69, 9.17) is 19.9 Å². The largest absolute Gasteiger partial charge is 0.493 e. The van der Waals surface area contributed by atoms with E-state index in [-0.39, 0.29) is 0 Å². The molecule has 0 radical (unpaired) electrons. The molecular weight excluding hydrogens is 272 g/mol. The van der Waals surface area contributed by atoms with Crippen LogP contribution in [0.5, 0.6) is 11.5 Å². The number of rotatable bonds is 10. The molecule has 3 N–H and O–H groups in total. The first-order chi connectivity index (χ1) is 10.1. The van der Waals surface area contributed by atoms with Crippen molar-refractivity contribution in [3.05, 3.63) is 23.8 Å². The maximum absolute atomic E-state index is 11.4. The summed E-state index contributed by atoms with van der Waals surface area (Å²) in [5.41, 5.74) is 6.25. The highest BCUT2D eigenvalue weighted by atomic mass is 16.5. The molecule has 21 heavy (non-hydrogen) atoms. The predicted molar refractivity (Wildman–Crippen MR) is 80.5 cm³/mol. The Kier molecular flexibility index (Phi) is 7.56. The van der Waals surface area contributed by atoms with Crippen LogP contribution in [0, 0.1) is 0 Å². The molecule has 118 valence electrons. The number of carbonyl (C=O) groups excluding carboxylic acids is 1. The van der Waals surface area contributed by atoms with Crippen molar-refractivity contribution in [2.24, 2.45) is 5.73 Å². The van der Waals surface area contributed by atoms with E-state index in [1.54, 1.807) is 20.3 Å². The van der Waals surface area contributed by atoms with Crippen LogP contribution in [0.2, 0.25) is 0 Å². The molecule has 1 amide bonds. The number of methoxy groups -OCH3 is 2. The lowest BCUT2D eigenvalue weighted by Gasteiger charge is -2.19. The third kappa shape index (κ3) is 5.24. The molecule has 1 rings (SSSR count). The Morgan fingerprint density at radius 1 is 1.38 bits per heavy atom. The molecule has 0 aliphatic carbocycles. The van der Waals surface area contributed by atoms with Crippen molar-refractivity contribution in [2.75, 3.05) is 27.4 Å². The molecule has 0 bridgehead atoms. The Morgan fingerprint density at radius 2 is 2.14 bits per heavy atom. The first kappa shape index (κ1) is 17.3. The average molecular weight is 296 g/mol. The molecule has 1 atom stereocenters. The lowest BCUT2D eigenvalue weighted by Crippen LogP contribution is -2.33. The van der Waals surface area contributed by atoms with E-state index in [9.17, 15) is 4.79 Å². The van der Waals surface area contributed by atoms with E-state index >= 15 is 0 Å². The second kappa shape index (κ2) is 9.20. The molecule has 1 aromatic carbocycles. The van der Waals surface area contributed by atoms with Gasteiger partial charge in [0, 0.05) is 25.8 Å². The van der Waals surface area contributed by atoms with Gasteiger partial charge in [-0.05, 0) is 12.5 Å². The van der Waals surface area contributed by atoms with Gasteiger partial charge >= 0.3 is 0 Å². The van der Waals surface area contributed by atoms with Crippen molar-refractivity contribution in [3.63, 3.8) is 0 Å². The van der Waals surface area contributed by atoms with Gasteiger partial charge in [-0.3, -0.25) is 4.79 Å². The molecular formula is C15H24N2O4. The molecule has 6 nitrogen and oxygen atoms in total. The molecule has 6 heteroatoms. The van der Waals surface area contributed by atoms with Crippen molar-refractivity contribution >= 4 is 5.91 Å². The minimum absolute atomic E-state index is 0.485. The number of hydrogen-bond acceptors (Lipinski definition) is 5. The van der Waals surface area contributed by atoms with Crippen LogP contribution in [-0.2, 0) is 16.1 Å². The predicted octanol–water partition coefficient (Wildman–Crippen LogP) is 1.07. The molecule has 0 aliphatic rings. The van der Waals surface area contributed by atoms with E-state index in [0.29, 0.717) is 31.1 Å². The monoisotopic (exact) mass is 296 g/mol. The van der Waals surface area contributed by atoms with Gasteiger partial charge in [0.05, 0.1) is 13.7 Å². The van der Waals surface area contributed by atoms with Gasteiger partial charge in [-0.15, -0.1) is 0 Å². The number of primary amides is 1. The quantitative estimate of drug-likeness (QED) is 0.631. The summed E-state index contributed by atoms with van der Waals surface area (Å²) in [5, 5.41) is 3.24. The van der Waals surface area contributed by atoms with E-state index in [1.807, 2.05) is 19.1 Å². The van der Waals surface area contributed by atoms with E-state index in [0.717, 1.165) is 12.1 Å². The fraction of sp³-hybridized carbons (Fsp3) is 0.533. The van der Waals surface area contributed by atoms with E-state index < -0.39 is 12.0 Å². The Labute approximate surface area is 125 Å². The van der Waals surface area contributed by atoms with Crippen LogP contribution >= 0.6 is 0 Å². The number of para-hydroxylation sites is 1. The molecule has 1 unspecified atom stereocenters. The van der Waals surface area contributed by atoms with Crippen molar-refractivity contribution in [2.45, 2.75) is 26.0 Å². The van der Waals surface area contributed by atoms with Crippen LogP contribution in [0.4, 0.5) is 0 Å². The number of ether oxygens (including phenoxy) is 3. The highest BCUT2D eigenvalue weighted by Gasteiger charge is 2.19. The van der Waals surface area contributed by atoms with Crippen LogP contribution in [-0.4, -0.2) is 39.4 Å². The van der Waals surface area contributed by atoms with Gasteiger partial charge in [0.1, 0.15) is 0 Å². The second-order valence-corrected chi connectivity index (χ2v) is 4.54. The van der Waals surface area contributed by atoms with Gasteiger partial charge in [-0.2, -0.15) is 0 Å². The second-order valence-electron chi connectivity index (χ2n) is 4.54. The van der Waals surface area contributed by atoms with E-state index in [2.05, 4.69) is 5.32 Å². The summed E-state index contributed by atoms with van der Waals surface area (Å²) >= 11 is 0. The SMILES string of the molecule is CCC(Oc1c(CNCCOC)cccc1OC)C(N)=O. The van der Waals surface area contributed by atoms with Gasteiger partial charge in [-0.25, -0.2) is 0 Å². The smallest absolute Gasteiger partial charge is 0.258 e. The number of nitrogens with two attached hydrogens (primary N) is 1. The Morgan fingerprint density at radius 3 is 2.71 bits per heavy atom. The molecule has 0 spiro atoms. The van der Waals surface area contributed by atoms with Crippen LogP contribution in [0.1, 0.15) is 18.9 Å². The maximum Gasteiger partial charge on any atom is 0.258 e. The summed E-state index contributed by atoms with van der Waals surface area (Å²) in [4.78, 5) is 11.4. The summed E-state index contributed by atoms with van der Waals surface area (Å²) in [6, 6.07) is 5.59. The summed E-state index contributed by atoms with van der Waals surface area (Å²) in [5.74, 6) is 0.651. The zero-order chi connectivity index (χ0) is 15.7. The van der Waals surface area contributed by atoms with Gasteiger partial charge in [-0.1, -0.05) is 19.1 Å². The lowest BCUT2D eigenvalue weighted by atomic mass is 10.1. The molecule has 0 saturated carbocycles. The van der Waals surface area contributed by atoms with Gasteiger partial charge < -0.3 is 25.3 Å². The van der Waals surface area contributed by atoms with E-state index in [1.165, 1.54) is 0 Å². The first-order valence-corrected chi connectivity index (χ1v) is 6.95. The average Bonchev–Trinajstić information content (AvgIpc) is 2.49. The third-order valence-corrected chi connectivity index (χ3v) is 3.03. The number of carbonyl (C=O) groups is 1. The number of amides is 1. The van der Waals surface area contributed by atoms with Crippen LogP contribution in [0.3, 0.4) is 0 Å². The van der Waals surface area contributed by atoms with Crippen LogP contribution < -0.4 is 20.5 Å². The Balaban J connectivity index is 2.89. The fourth-order valence-electron chi connectivity index (χ4n) is 1.88. The fourth-order valence-corrected chi connectivity index (χ4v) is 1.88. The summed E-state index contributed by atoms with van der Waals surface area (Å²) in [7, 11) is 3.22. The highest BCUT2D eigenvalue weighted by molar-refractivity contribution is 5.79. The minimum Gasteiger partial charge on any atom is -0.493 e. The van der Waals surface area contributed by atoms with Crippen molar-refractivity contribution in [1.29, 1.82) is 0 Å². The molecule has 0 saturated heterocycles. The standard InChI is InChI=1S/C15H24N2O4/c1-4-12(15(16)18)21-14-11(10-17-8-9-19-2)6-5-7-13(14)20-3/h5-7,12,17H,4,8-10H2,1-3H3,(H2,16,18). The first-order valence-electron chi connectivity index (χ1n) is 6.95. The molecule has 0 fully saturated rings. The maximum atomic E-state index is 11.4. The topological polar surface area (TPSA) is 82.8 Å². The molecule has 0 heterocycles. The normalized spacial score (nSPS) is 12.0. The molecule has 1 aromatic rings. The van der Waals surface area contributed by atoms with Crippen molar-refractivity contribution < 1.29 is 19.0 Å². The van der Waals surface area contributed by atoms with Crippen molar-refractivity contribution in [1.82, 2.24) is 5.32 Å². The van der Waals surface area contributed by atoms with Crippen LogP contribution in [0.25, 0.3) is 0 Å². The molecule has 0 aliphatic heterocycles. The molecule has 0 aromatic heterocycles. The third-order valence-electron chi connectivity index (χ3n) is 3.03. The summed E-state index contributed by atoms with van der Waals surface area (Å²) in [6.45, 7) is 3.78. The zero-order valence-electron chi connectivity index (χ0n) is 12.8. The number of hydrogen-bond donors (Lipinski definition) is 2. The van der Waals surface area contributed by atoms with Crippen molar-refractivity contribution in [3.8, 4) is 11.5 Å². The van der Waals surface area contributed by atoms with Gasteiger partial charge in [0.25, 0.3) is 5.91 Å². The Bertz CT molecular complexity index is 451. The summed E-state index contributed by atoms with van der Waals surface area (Å²) in [6.07, 6.45) is -0.164. The lowest BCUT2D eigenvalue weighted by molar-refractivity contribution is -0.124. The summed E-state index contributed by atoms with van der Waals surface area (Å²) < 4.78 is 16.1.